The molecule has 0 spiro atoms. The number of nitrogens with one attached hydrogen (secondary N) is 2. The lowest BCUT2D eigenvalue weighted by Gasteiger charge is -2.21. The first-order valence-corrected chi connectivity index (χ1v) is 11.3. The normalized spacial score (nSPS) is 15.9. The van der Waals surface area contributed by atoms with E-state index < -0.39 is 0 Å². The number of rotatable bonds is 12. The van der Waals surface area contributed by atoms with Gasteiger partial charge in [0.15, 0.2) is 11.7 Å². The summed E-state index contributed by atoms with van der Waals surface area (Å²) in [5.74, 6) is 2.14. The summed E-state index contributed by atoms with van der Waals surface area (Å²) in [6.07, 6.45) is 12.7. The van der Waals surface area contributed by atoms with Crippen molar-refractivity contribution in [3.63, 3.8) is 0 Å². The lowest BCUT2D eigenvalue weighted by atomic mass is 9.98. The fourth-order valence-corrected chi connectivity index (χ4v) is 3.80. The van der Waals surface area contributed by atoms with Gasteiger partial charge in [0.05, 0.1) is 18.3 Å². The average Bonchev–Trinajstić information content (AvgIpc) is 3.20. The fraction of sp³-hybridized carbons (Fsp3) is 0.818. The Hall–Kier alpha value is -1.56. The standard InChI is InChI=1S/C22H40N4O2/c1-4-18(5-2)21-16-20(28-26-21)17-25-22(23-3)24-14-10-7-11-15-27-19-12-8-6-9-13-19/h16,18-19H,4-15,17H2,1-3H3,(H2,23,24,25). The Morgan fingerprint density at radius 1 is 1.18 bits per heavy atom. The van der Waals surface area contributed by atoms with E-state index >= 15 is 0 Å². The molecule has 28 heavy (non-hydrogen) atoms. The van der Waals surface area contributed by atoms with E-state index in [1.807, 2.05) is 0 Å². The maximum absolute atomic E-state index is 5.98. The highest BCUT2D eigenvalue weighted by atomic mass is 16.5. The summed E-state index contributed by atoms with van der Waals surface area (Å²) in [5, 5.41) is 10.9. The van der Waals surface area contributed by atoms with Crippen LogP contribution in [-0.2, 0) is 11.3 Å². The molecule has 1 aromatic rings. The van der Waals surface area contributed by atoms with Gasteiger partial charge in [-0.3, -0.25) is 4.99 Å². The first-order valence-electron chi connectivity index (χ1n) is 11.3. The third-order valence-corrected chi connectivity index (χ3v) is 5.65. The van der Waals surface area contributed by atoms with Gasteiger partial charge in [0, 0.05) is 32.2 Å². The summed E-state index contributed by atoms with van der Waals surface area (Å²) < 4.78 is 11.4. The highest BCUT2D eigenvalue weighted by Gasteiger charge is 2.14. The number of ether oxygens (including phenoxy) is 1. The Morgan fingerprint density at radius 3 is 2.68 bits per heavy atom. The van der Waals surface area contributed by atoms with Crippen molar-refractivity contribution in [2.24, 2.45) is 4.99 Å². The molecule has 0 aromatic carbocycles. The Kier molecular flexibility index (Phi) is 11.0. The number of hydrogen-bond donors (Lipinski definition) is 2. The molecular formula is C22H40N4O2. The van der Waals surface area contributed by atoms with Crippen LogP contribution >= 0.6 is 0 Å². The predicted molar refractivity (Wildman–Crippen MR) is 115 cm³/mol. The molecule has 0 amide bonds. The van der Waals surface area contributed by atoms with Crippen molar-refractivity contribution in [2.75, 3.05) is 20.2 Å². The van der Waals surface area contributed by atoms with Crippen molar-refractivity contribution < 1.29 is 9.26 Å². The minimum Gasteiger partial charge on any atom is -0.378 e. The smallest absolute Gasteiger partial charge is 0.191 e. The molecule has 1 aliphatic carbocycles. The molecule has 0 saturated heterocycles. The van der Waals surface area contributed by atoms with Crippen molar-refractivity contribution in [3.8, 4) is 0 Å². The van der Waals surface area contributed by atoms with E-state index in [-0.39, 0.29) is 0 Å². The van der Waals surface area contributed by atoms with E-state index in [2.05, 4.69) is 40.7 Å². The SMILES string of the molecule is CCC(CC)c1cc(CNC(=NC)NCCCCCOC2CCCCC2)on1. The van der Waals surface area contributed by atoms with Gasteiger partial charge in [0.1, 0.15) is 0 Å². The molecule has 2 N–H and O–H groups in total. The largest absolute Gasteiger partial charge is 0.378 e. The topological polar surface area (TPSA) is 71.7 Å². The number of unbranched alkanes of at least 4 members (excludes halogenated alkanes) is 2. The summed E-state index contributed by atoms with van der Waals surface area (Å²) in [5.41, 5.74) is 1.06. The summed E-state index contributed by atoms with van der Waals surface area (Å²) in [4.78, 5) is 4.28. The van der Waals surface area contributed by atoms with Crippen molar-refractivity contribution in [1.29, 1.82) is 0 Å². The van der Waals surface area contributed by atoms with Crippen molar-refractivity contribution >= 4 is 5.96 Å². The highest BCUT2D eigenvalue weighted by Crippen LogP contribution is 2.22. The van der Waals surface area contributed by atoms with Gasteiger partial charge in [-0.1, -0.05) is 38.3 Å². The summed E-state index contributed by atoms with van der Waals surface area (Å²) >= 11 is 0. The van der Waals surface area contributed by atoms with Gasteiger partial charge in [-0.25, -0.2) is 0 Å². The van der Waals surface area contributed by atoms with Gasteiger partial charge < -0.3 is 19.9 Å². The molecule has 2 rings (SSSR count). The van der Waals surface area contributed by atoms with Gasteiger partial charge in [-0.2, -0.15) is 0 Å². The Bertz CT molecular complexity index is 548. The van der Waals surface area contributed by atoms with Crippen LogP contribution in [0.3, 0.4) is 0 Å². The predicted octanol–water partition coefficient (Wildman–Crippen LogP) is 4.76. The lowest BCUT2D eigenvalue weighted by Crippen LogP contribution is -2.37. The average molecular weight is 393 g/mol. The summed E-state index contributed by atoms with van der Waals surface area (Å²) in [6.45, 7) is 6.80. The van der Waals surface area contributed by atoms with E-state index in [4.69, 9.17) is 9.26 Å². The Balaban J connectivity index is 1.54. The van der Waals surface area contributed by atoms with Crippen LogP contribution in [0.25, 0.3) is 0 Å². The molecule has 1 heterocycles. The zero-order chi connectivity index (χ0) is 20.0. The van der Waals surface area contributed by atoms with Crippen LogP contribution in [0, 0.1) is 0 Å². The quantitative estimate of drug-likeness (QED) is 0.305. The van der Waals surface area contributed by atoms with Gasteiger partial charge >= 0.3 is 0 Å². The molecule has 0 bridgehead atoms. The zero-order valence-electron chi connectivity index (χ0n) is 18.1. The second-order valence-electron chi connectivity index (χ2n) is 7.78. The maximum atomic E-state index is 5.98. The van der Waals surface area contributed by atoms with E-state index in [0.29, 0.717) is 18.6 Å². The van der Waals surface area contributed by atoms with Crippen LogP contribution in [-0.4, -0.2) is 37.4 Å². The molecular weight excluding hydrogens is 352 g/mol. The van der Waals surface area contributed by atoms with E-state index in [9.17, 15) is 0 Å². The molecule has 0 unspecified atom stereocenters. The number of aliphatic imine (C=N–C) groups is 1. The Labute approximate surface area is 170 Å². The second kappa shape index (κ2) is 13.6. The molecule has 160 valence electrons. The molecule has 1 aromatic heterocycles. The van der Waals surface area contributed by atoms with Crippen LogP contribution in [0.1, 0.15) is 95.4 Å². The van der Waals surface area contributed by atoms with Crippen LogP contribution in [0.15, 0.2) is 15.6 Å². The third-order valence-electron chi connectivity index (χ3n) is 5.65. The molecule has 6 nitrogen and oxygen atoms in total. The van der Waals surface area contributed by atoms with Gasteiger partial charge in [0.2, 0.25) is 0 Å². The first-order chi connectivity index (χ1) is 13.8. The van der Waals surface area contributed by atoms with Crippen LogP contribution in [0.5, 0.6) is 0 Å². The van der Waals surface area contributed by atoms with Crippen molar-refractivity contribution in [3.05, 3.63) is 17.5 Å². The van der Waals surface area contributed by atoms with Gasteiger partial charge in [0.25, 0.3) is 0 Å². The lowest BCUT2D eigenvalue weighted by molar-refractivity contribution is 0.0264. The molecule has 0 aliphatic heterocycles. The number of aromatic nitrogens is 1. The Morgan fingerprint density at radius 2 is 1.96 bits per heavy atom. The van der Waals surface area contributed by atoms with E-state index in [1.165, 1.54) is 38.5 Å². The van der Waals surface area contributed by atoms with Gasteiger partial charge in [-0.05, 0) is 44.9 Å². The molecule has 0 atom stereocenters. The summed E-state index contributed by atoms with van der Waals surface area (Å²) in [6, 6.07) is 2.06. The van der Waals surface area contributed by atoms with E-state index in [1.54, 1.807) is 7.05 Å². The second-order valence-corrected chi connectivity index (χ2v) is 7.78. The van der Waals surface area contributed by atoms with Crippen molar-refractivity contribution in [2.45, 2.75) is 96.6 Å². The van der Waals surface area contributed by atoms with Crippen LogP contribution < -0.4 is 10.6 Å². The number of hydrogen-bond acceptors (Lipinski definition) is 4. The minimum absolute atomic E-state index is 0.483. The van der Waals surface area contributed by atoms with Crippen LogP contribution in [0.2, 0.25) is 0 Å². The molecule has 0 radical (unpaired) electrons. The maximum Gasteiger partial charge on any atom is 0.191 e. The molecule has 6 heteroatoms. The number of nitrogens with zero attached hydrogens (tertiary/aromatic N) is 2. The fourth-order valence-electron chi connectivity index (χ4n) is 3.80. The monoisotopic (exact) mass is 392 g/mol. The van der Waals surface area contributed by atoms with Crippen molar-refractivity contribution in [1.82, 2.24) is 15.8 Å². The zero-order valence-corrected chi connectivity index (χ0v) is 18.1. The minimum atomic E-state index is 0.483. The van der Waals surface area contributed by atoms with Crippen LogP contribution in [0.4, 0.5) is 0 Å². The van der Waals surface area contributed by atoms with E-state index in [0.717, 1.165) is 56.2 Å². The molecule has 1 aliphatic rings. The first kappa shape index (κ1) is 22.7. The third kappa shape index (κ3) is 8.21. The van der Waals surface area contributed by atoms with Gasteiger partial charge in [-0.15, -0.1) is 0 Å². The highest BCUT2D eigenvalue weighted by molar-refractivity contribution is 5.79. The molecule has 1 saturated carbocycles. The number of guanidine groups is 1. The molecule has 1 fully saturated rings. The summed E-state index contributed by atoms with van der Waals surface area (Å²) in [7, 11) is 1.79.